The van der Waals surface area contributed by atoms with Gasteiger partial charge in [-0.2, -0.15) is 8.78 Å². The minimum Gasteiger partial charge on any atom is -0.480 e. The van der Waals surface area contributed by atoms with Gasteiger partial charge in [0.05, 0.1) is 12.6 Å². The van der Waals surface area contributed by atoms with Gasteiger partial charge in [-0.05, 0) is 44.2 Å². The highest BCUT2D eigenvalue weighted by atomic mass is 35.5. The van der Waals surface area contributed by atoms with Crippen LogP contribution >= 0.6 is 12.4 Å². The maximum atomic E-state index is 12.2. The van der Waals surface area contributed by atoms with Gasteiger partial charge in [0.2, 0.25) is 5.91 Å². The highest BCUT2D eigenvalue weighted by molar-refractivity contribution is 5.94. The maximum absolute atomic E-state index is 12.2. The van der Waals surface area contributed by atoms with Crippen molar-refractivity contribution >= 4 is 30.0 Å². The van der Waals surface area contributed by atoms with Crippen LogP contribution in [0.3, 0.4) is 0 Å². The van der Waals surface area contributed by atoms with Crippen molar-refractivity contribution in [1.82, 2.24) is 4.90 Å². The summed E-state index contributed by atoms with van der Waals surface area (Å²) in [5.74, 6) is -1.39. The van der Waals surface area contributed by atoms with E-state index in [9.17, 15) is 18.4 Å². The number of carboxylic acid groups (broad SMARTS) is 1. The number of hydrogen-bond donors (Lipinski definition) is 2. The minimum atomic E-state index is -2.91. The Morgan fingerprint density at radius 2 is 1.88 bits per heavy atom. The first-order chi connectivity index (χ1) is 10.8. The van der Waals surface area contributed by atoms with Crippen LogP contribution in [0.4, 0.5) is 14.5 Å². The summed E-state index contributed by atoms with van der Waals surface area (Å²) in [4.78, 5) is 24.6. The van der Waals surface area contributed by atoms with E-state index in [1.807, 2.05) is 6.92 Å². The Morgan fingerprint density at radius 1 is 1.29 bits per heavy atom. The lowest BCUT2D eigenvalue weighted by atomic mass is 10.2. The van der Waals surface area contributed by atoms with Crippen LogP contribution in [0.15, 0.2) is 24.3 Å². The summed E-state index contributed by atoms with van der Waals surface area (Å²) < 4.78 is 28.3. The largest absolute Gasteiger partial charge is 0.480 e. The SMILES string of the molecule is CCCN(CC(=O)O)C(C)C(=O)Nc1ccc(OC(F)F)cc1.Cl. The number of halogens is 3. The number of carbonyl (C=O) groups excluding carboxylic acids is 1. The van der Waals surface area contributed by atoms with Crippen molar-refractivity contribution in [3.8, 4) is 5.75 Å². The average Bonchev–Trinajstić information content (AvgIpc) is 2.47. The topological polar surface area (TPSA) is 78.9 Å². The van der Waals surface area contributed by atoms with Gasteiger partial charge in [-0.15, -0.1) is 12.4 Å². The zero-order chi connectivity index (χ0) is 17.4. The number of nitrogens with one attached hydrogen (secondary N) is 1. The van der Waals surface area contributed by atoms with E-state index in [1.54, 1.807) is 11.8 Å². The molecule has 24 heavy (non-hydrogen) atoms. The fourth-order valence-corrected chi connectivity index (χ4v) is 2.00. The molecule has 0 saturated carbocycles. The Labute approximate surface area is 145 Å². The number of carboxylic acids is 1. The van der Waals surface area contributed by atoms with E-state index in [0.29, 0.717) is 18.7 Å². The van der Waals surface area contributed by atoms with E-state index >= 15 is 0 Å². The normalized spacial score (nSPS) is 11.8. The molecule has 1 amide bonds. The Morgan fingerprint density at radius 3 is 2.33 bits per heavy atom. The molecule has 1 aromatic carbocycles. The van der Waals surface area contributed by atoms with E-state index < -0.39 is 18.6 Å². The molecular formula is C15H21ClF2N2O4. The molecule has 0 spiro atoms. The first-order valence-electron chi connectivity index (χ1n) is 7.15. The van der Waals surface area contributed by atoms with E-state index in [0.717, 1.165) is 0 Å². The summed E-state index contributed by atoms with van der Waals surface area (Å²) in [6.45, 7) is 0.837. The molecule has 1 rings (SSSR count). The van der Waals surface area contributed by atoms with Gasteiger partial charge in [-0.3, -0.25) is 14.5 Å². The zero-order valence-corrected chi connectivity index (χ0v) is 14.2. The Hall–Kier alpha value is -1.93. The Kier molecular flexibility index (Phi) is 9.91. The lowest BCUT2D eigenvalue weighted by Crippen LogP contribution is -2.44. The molecule has 0 heterocycles. The molecule has 0 aliphatic heterocycles. The van der Waals surface area contributed by atoms with Gasteiger partial charge in [-0.1, -0.05) is 6.92 Å². The molecule has 0 aromatic heterocycles. The Bertz CT molecular complexity index is 529. The van der Waals surface area contributed by atoms with Crippen LogP contribution in [-0.2, 0) is 9.59 Å². The number of nitrogens with zero attached hydrogens (tertiary/aromatic N) is 1. The summed E-state index contributed by atoms with van der Waals surface area (Å²) in [5, 5.41) is 11.5. The monoisotopic (exact) mass is 366 g/mol. The summed E-state index contributed by atoms with van der Waals surface area (Å²) in [7, 11) is 0. The van der Waals surface area contributed by atoms with Crippen molar-refractivity contribution in [2.24, 2.45) is 0 Å². The highest BCUT2D eigenvalue weighted by Gasteiger charge is 2.22. The lowest BCUT2D eigenvalue weighted by Gasteiger charge is -2.26. The fraction of sp³-hybridized carbons (Fsp3) is 0.467. The molecular weight excluding hydrogens is 346 g/mol. The van der Waals surface area contributed by atoms with Crippen molar-refractivity contribution in [3.63, 3.8) is 0 Å². The summed E-state index contributed by atoms with van der Waals surface area (Å²) in [5.41, 5.74) is 0.412. The van der Waals surface area contributed by atoms with Crippen LogP contribution in [0.1, 0.15) is 20.3 Å². The predicted molar refractivity (Wildman–Crippen MR) is 87.9 cm³/mol. The van der Waals surface area contributed by atoms with Crippen molar-refractivity contribution in [2.45, 2.75) is 32.9 Å². The van der Waals surface area contributed by atoms with Crippen molar-refractivity contribution in [3.05, 3.63) is 24.3 Å². The number of alkyl halides is 2. The van der Waals surface area contributed by atoms with E-state index in [-0.39, 0.29) is 30.6 Å². The molecule has 136 valence electrons. The highest BCUT2D eigenvalue weighted by Crippen LogP contribution is 2.18. The quantitative estimate of drug-likeness (QED) is 0.702. The second kappa shape index (κ2) is 10.8. The second-order valence-corrected chi connectivity index (χ2v) is 4.93. The number of carbonyl (C=O) groups is 2. The van der Waals surface area contributed by atoms with Crippen molar-refractivity contribution in [2.75, 3.05) is 18.4 Å². The van der Waals surface area contributed by atoms with Crippen molar-refractivity contribution in [1.29, 1.82) is 0 Å². The van der Waals surface area contributed by atoms with Crippen LogP contribution in [0, 0.1) is 0 Å². The third-order valence-electron chi connectivity index (χ3n) is 3.12. The first kappa shape index (κ1) is 22.1. The molecule has 2 N–H and O–H groups in total. The van der Waals surface area contributed by atoms with E-state index in [1.165, 1.54) is 24.3 Å². The molecule has 0 radical (unpaired) electrons. The molecule has 1 aromatic rings. The molecule has 0 aliphatic rings. The molecule has 1 atom stereocenters. The number of ether oxygens (including phenoxy) is 1. The van der Waals surface area contributed by atoms with Crippen LogP contribution in [-0.4, -0.2) is 47.6 Å². The third-order valence-corrected chi connectivity index (χ3v) is 3.12. The number of rotatable bonds is 9. The smallest absolute Gasteiger partial charge is 0.387 e. The van der Waals surface area contributed by atoms with Crippen LogP contribution < -0.4 is 10.1 Å². The number of benzene rings is 1. The number of amides is 1. The lowest BCUT2D eigenvalue weighted by molar-refractivity contribution is -0.139. The van der Waals surface area contributed by atoms with E-state index in [4.69, 9.17) is 5.11 Å². The molecule has 0 fully saturated rings. The summed E-state index contributed by atoms with van der Waals surface area (Å²) >= 11 is 0. The fourth-order valence-electron chi connectivity index (χ4n) is 2.00. The summed E-state index contributed by atoms with van der Waals surface area (Å²) in [6, 6.07) is 4.86. The van der Waals surface area contributed by atoms with Crippen LogP contribution in [0.2, 0.25) is 0 Å². The number of anilines is 1. The van der Waals surface area contributed by atoms with Gasteiger partial charge in [0.15, 0.2) is 0 Å². The number of aliphatic carboxylic acids is 1. The number of hydrogen-bond acceptors (Lipinski definition) is 4. The first-order valence-corrected chi connectivity index (χ1v) is 7.15. The third kappa shape index (κ3) is 7.56. The molecule has 6 nitrogen and oxygen atoms in total. The molecule has 0 bridgehead atoms. The summed E-state index contributed by atoms with van der Waals surface area (Å²) in [6.07, 6.45) is 0.713. The van der Waals surface area contributed by atoms with Crippen molar-refractivity contribution < 1.29 is 28.2 Å². The van der Waals surface area contributed by atoms with E-state index in [2.05, 4.69) is 10.1 Å². The molecule has 9 heteroatoms. The van der Waals surface area contributed by atoms with Gasteiger partial charge in [0.25, 0.3) is 0 Å². The standard InChI is InChI=1S/C15H20F2N2O4.ClH/c1-3-8-19(9-13(20)21)10(2)14(22)18-11-4-6-12(7-5-11)23-15(16)17;/h4-7,10,15H,3,8-9H2,1-2H3,(H,18,22)(H,20,21);1H. The Balaban J connectivity index is 0.00000529. The van der Waals surface area contributed by atoms with Gasteiger partial charge in [0.1, 0.15) is 5.75 Å². The molecule has 1 unspecified atom stereocenters. The van der Waals surface area contributed by atoms with Gasteiger partial charge in [0, 0.05) is 5.69 Å². The van der Waals surface area contributed by atoms with Gasteiger partial charge < -0.3 is 15.2 Å². The molecule has 0 aliphatic carbocycles. The predicted octanol–water partition coefficient (Wildman–Crippen LogP) is 2.83. The maximum Gasteiger partial charge on any atom is 0.387 e. The second-order valence-electron chi connectivity index (χ2n) is 4.93. The molecule has 0 saturated heterocycles. The van der Waals surface area contributed by atoms with Crippen LogP contribution in [0.25, 0.3) is 0 Å². The van der Waals surface area contributed by atoms with Gasteiger partial charge >= 0.3 is 12.6 Å². The van der Waals surface area contributed by atoms with Gasteiger partial charge in [-0.25, -0.2) is 0 Å². The zero-order valence-electron chi connectivity index (χ0n) is 13.4. The van der Waals surface area contributed by atoms with Crippen LogP contribution in [0.5, 0.6) is 5.75 Å². The minimum absolute atomic E-state index is 0. The average molecular weight is 367 g/mol.